The van der Waals surface area contributed by atoms with E-state index in [1.54, 1.807) is 0 Å². The highest BCUT2D eigenvalue weighted by Gasteiger charge is 2.48. The molecule has 0 heterocycles. The molecule has 5 nitrogen and oxygen atoms in total. The van der Waals surface area contributed by atoms with Gasteiger partial charge >= 0.3 is 11.9 Å². The smallest absolute Gasteiger partial charge is 0.305 e. The van der Waals surface area contributed by atoms with E-state index in [-0.39, 0.29) is 46.4 Å². The number of alkyl halides is 1. The van der Waals surface area contributed by atoms with Gasteiger partial charge in [0.25, 0.3) is 0 Å². The van der Waals surface area contributed by atoms with Crippen molar-refractivity contribution in [3.63, 3.8) is 0 Å². The average Bonchev–Trinajstić information content (AvgIpc) is 3.18. The van der Waals surface area contributed by atoms with Crippen LogP contribution in [0.5, 0.6) is 0 Å². The summed E-state index contributed by atoms with van der Waals surface area (Å²) in [5, 5.41) is 0.123. The van der Waals surface area contributed by atoms with Gasteiger partial charge in [0.05, 0.1) is 13.2 Å². The summed E-state index contributed by atoms with van der Waals surface area (Å²) in [4.78, 5) is 23.2. The summed E-state index contributed by atoms with van der Waals surface area (Å²) >= 11 is 7.05. The molecule has 2 rings (SSSR count). The van der Waals surface area contributed by atoms with Gasteiger partial charge in [-0.3, -0.25) is 9.59 Å². The number of allylic oxidation sites excluding steroid dienone is 2. The molecular formula is C33H53ClO5Si. The number of hydrogen-bond acceptors (Lipinski definition) is 5. The molecule has 5 atom stereocenters. The van der Waals surface area contributed by atoms with Gasteiger partial charge < -0.3 is 13.9 Å². The van der Waals surface area contributed by atoms with Gasteiger partial charge in [-0.25, -0.2) is 0 Å². The van der Waals surface area contributed by atoms with Crippen molar-refractivity contribution in [2.45, 2.75) is 134 Å². The first-order chi connectivity index (χ1) is 18.8. The molecule has 0 radical (unpaired) electrons. The number of halogens is 1. The minimum atomic E-state index is -2.01. The van der Waals surface area contributed by atoms with E-state index in [9.17, 15) is 9.59 Å². The molecule has 1 fully saturated rings. The lowest BCUT2D eigenvalue weighted by molar-refractivity contribution is -0.147. The fraction of sp³-hybridized carbons (Fsp3) is 0.697. The molecule has 1 aliphatic rings. The maximum atomic E-state index is 11.8. The molecule has 1 saturated carbocycles. The molecule has 1 aromatic carbocycles. The second-order valence-electron chi connectivity index (χ2n) is 12.8. The van der Waals surface area contributed by atoms with Crippen LogP contribution in [0, 0.1) is 5.92 Å². The number of unbranched alkanes of at least 4 members (excludes halogenated alkanes) is 3. The molecule has 0 saturated heterocycles. The van der Waals surface area contributed by atoms with Crippen LogP contribution in [0.25, 0.3) is 0 Å². The molecule has 0 spiro atoms. The Balaban J connectivity index is 2.29. The van der Waals surface area contributed by atoms with E-state index in [1.807, 2.05) is 0 Å². The van der Waals surface area contributed by atoms with Crippen molar-refractivity contribution in [1.29, 1.82) is 0 Å². The topological polar surface area (TPSA) is 61.8 Å². The normalized spacial score (nSPS) is 22.4. The van der Waals surface area contributed by atoms with Crippen molar-refractivity contribution in [3.8, 4) is 0 Å². The van der Waals surface area contributed by atoms with E-state index >= 15 is 0 Å². The molecule has 1 unspecified atom stereocenters. The summed E-state index contributed by atoms with van der Waals surface area (Å²) in [5.41, 5.74) is 2.27. The van der Waals surface area contributed by atoms with Crippen molar-refractivity contribution in [1.82, 2.24) is 0 Å². The minimum Gasteiger partial charge on any atom is -0.469 e. The summed E-state index contributed by atoms with van der Waals surface area (Å²) in [6.45, 7) is 15.1. The lowest BCUT2D eigenvalue weighted by atomic mass is 9.84. The maximum absolute atomic E-state index is 11.8. The molecule has 1 aliphatic carbocycles. The van der Waals surface area contributed by atoms with Crippen molar-refractivity contribution >= 4 is 31.9 Å². The number of esters is 2. The lowest BCUT2D eigenvalue weighted by Crippen LogP contribution is -2.44. The molecule has 0 amide bonds. The van der Waals surface area contributed by atoms with Gasteiger partial charge in [0, 0.05) is 24.6 Å². The van der Waals surface area contributed by atoms with Crippen molar-refractivity contribution in [2.24, 2.45) is 5.92 Å². The van der Waals surface area contributed by atoms with Crippen molar-refractivity contribution in [2.75, 3.05) is 7.11 Å². The van der Waals surface area contributed by atoms with Gasteiger partial charge in [0.2, 0.25) is 0 Å². The van der Waals surface area contributed by atoms with Crippen LogP contribution in [0.4, 0.5) is 0 Å². The number of hydrogen-bond donors (Lipinski definition) is 0. The Morgan fingerprint density at radius 1 is 1.10 bits per heavy atom. The van der Waals surface area contributed by atoms with Crippen LogP contribution < -0.4 is 0 Å². The fourth-order valence-electron chi connectivity index (χ4n) is 5.32. The third-order valence-corrected chi connectivity index (χ3v) is 13.7. The third kappa shape index (κ3) is 10.3. The van der Waals surface area contributed by atoms with E-state index in [2.05, 4.69) is 77.2 Å². The van der Waals surface area contributed by atoms with Crippen LogP contribution >= 0.6 is 11.6 Å². The van der Waals surface area contributed by atoms with Crippen LogP contribution in [0.2, 0.25) is 18.1 Å². The Kier molecular flexibility index (Phi) is 13.9. The first-order valence-corrected chi connectivity index (χ1v) is 18.5. The number of benzene rings is 1. The zero-order valence-corrected chi connectivity index (χ0v) is 27.9. The van der Waals surface area contributed by atoms with Gasteiger partial charge in [-0.05, 0) is 73.7 Å². The molecule has 40 heavy (non-hydrogen) atoms. The molecule has 0 aliphatic heterocycles. The summed E-state index contributed by atoms with van der Waals surface area (Å²) in [6, 6.07) is 8.64. The van der Waals surface area contributed by atoms with Crippen LogP contribution in [0.15, 0.2) is 36.4 Å². The van der Waals surface area contributed by atoms with E-state index < -0.39 is 8.32 Å². The molecular weight excluding hydrogens is 540 g/mol. The van der Waals surface area contributed by atoms with E-state index in [1.165, 1.54) is 19.6 Å². The summed E-state index contributed by atoms with van der Waals surface area (Å²) < 4.78 is 17.5. The highest BCUT2D eigenvalue weighted by atomic mass is 35.5. The van der Waals surface area contributed by atoms with Crippen molar-refractivity contribution in [3.05, 3.63) is 47.5 Å². The van der Waals surface area contributed by atoms with Crippen LogP contribution in [0.1, 0.15) is 116 Å². The Morgan fingerprint density at radius 3 is 2.35 bits per heavy atom. The number of methoxy groups -OCH3 is 1. The zero-order valence-electron chi connectivity index (χ0n) is 26.1. The fourth-order valence-corrected chi connectivity index (χ4v) is 7.11. The van der Waals surface area contributed by atoms with Crippen LogP contribution in [-0.4, -0.2) is 38.8 Å². The summed E-state index contributed by atoms with van der Waals surface area (Å²) in [7, 11) is -0.584. The minimum absolute atomic E-state index is 0.0157. The average molecular weight is 593 g/mol. The van der Waals surface area contributed by atoms with E-state index in [0.717, 1.165) is 56.9 Å². The number of carbonyl (C=O) groups excluding carboxylic acids is 2. The van der Waals surface area contributed by atoms with Gasteiger partial charge in [0.15, 0.2) is 8.32 Å². The Labute approximate surface area is 249 Å². The van der Waals surface area contributed by atoms with E-state index in [0.29, 0.717) is 6.42 Å². The highest BCUT2D eigenvalue weighted by Crippen LogP contribution is 2.49. The predicted octanol–water partition coefficient (Wildman–Crippen LogP) is 9.26. The SMILES string of the molecule is CCCCCC(OC(C)=O)c1ccc([C@@H]2[C@@H](CC=CCCCC(=O)OC)[C@H](Cl)C[C@H]2O[Si](C)(C)C(C)(C)C)cc1. The number of carbonyl (C=O) groups is 2. The molecule has 0 N–H and O–H groups in total. The Bertz CT molecular complexity index is 953. The van der Waals surface area contributed by atoms with Crippen LogP contribution in [0.3, 0.4) is 0 Å². The van der Waals surface area contributed by atoms with Gasteiger partial charge in [-0.1, -0.05) is 77.0 Å². The first kappa shape index (κ1) is 34.6. The van der Waals surface area contributed by atoms with Gasteiger partial charge in [0.1, 0.15) is 6.10 Å². The summed E-state index contributed by atoms with van der Waals surface area (Å²) in [5.74, 6) is 0.0127. The number of ether oxygens (including phenoxy) is 2. The maximum Gasteiger partial charge on any atom is 0.305 e. The van der Waals surface area contributed by atoms with Gasteiger partial charge in [-0.15, -0.1) is 11.6 Å². The Morgan fingerprint density at radius 2 is 1.77 bits per heavy atom. The zero-order chi connectivity index (χ0) is 29.9. The second kappa shape index (κ2) is 16.1. The van der Waals surface area contributed by atoms with Crippen molar-refractivity contribution < 1.29 is 23.5 Å². The molecule has 0 aromatic heterocycles. The quantitative estimate of drug-likeness (QED) is 0.0667. The Hall–Kier alpha value is -1.63. The van der Waals surface area contributed by atoms with E-state index in [4.69, 9.17) is 25.5 Å². The highest BCUT2D eigenvalue weighted by molar-refractivity contribution is 6.74. The first-order valence-electron chi connectivity index (χ1n) is 15.1. The monoisotopic (exact) mass is 592 g/mol. The molecule has 7 heteroatoms. The largest absolute Gasteiger partial charge is 0.469 e. The predicted molar refractivity (Wildman–Crippen MR) is 167 cm³/mol. The molecule has 0 bridgehead atoms. The standard InChI is InChI=1S/C33H53ClO5Si/c1-9-10-13-17-29(38-24(2)35)25-19-21-26(22-20-25)32-27(16-14-11-12-15-18-31(36)37-6)28(34)23-30(32)39-40(7,8)33(3,4)5/h11,14,19-22,27-30,32H,9-10,12-13,15-18,23H2,1-8H3/t27-,28+,29?,30+,32+/m0/s1. The molecule has 1 aromatic rings. The lowest BCUT2D eigenvalue weighted by Gasteiger charge is -2.40. The number of rotatable bonds is 15. The third-order valence-electron chi connectivity index (χ3n) is 8.66. The summed E-state index contributed by atoms with van der Waals surface area (Å²) in [6.07, 6.45) is 12.1. The van der Waals surface area contributed by atoms with Gasteiger partial charge in [-0.2, -0.15) is 0 Å². The van der Waals surface area contributed by atoms with Crippen LogP contribution in [-0.2, 0) is 23.5 Å². The second-order valence-corrected chi connectivity index (χ2v) is 18.1. The molecule has 226 valence electrons.